The monoisotopic (exact) mass is 287 g/mol. The van der Waals surface area contributed by atoms with Crippen molar-refractivity contribution in [2.75, 3.05) is 18.8 Å². The Morgan fingerprint density at radius 2 is 2.15 bits per heavy atom. The van der Waals surface area contributed by atoms with Gasteiger partial charge in [0.1, 0.15) is 5.69 Å². The minimum Gasteiger partial charge on any atom is -0.397 e. The molecule has 0 bridgehead atoms. The largest absolute Gasteiger partial charge is 0.412 e. The molecule has 0 aliphatic carbocycles. The SMILES string of the molecule is CCn1cc(N)cc1C(=O)N1CC=C(C(F)(F)F)CC1. The van der Waals surface area contributed by atoms with Crippen LogP contribution in [0.1, 0.15) is 23.8 Å². The highest BCUT2D eigenvalue weighted by molar-refractivity contribution is 5.94. The first-order chi connectivity index (χ1) is 9.32. The normalized spacial score (nSPS) is 16.2. The molecule has 4 nitrogen and oxygen atoms in total. The number of nitrogens with two attached hydrogens (primary N) is 1. The molecule has 0 saturated carbocycles. The number of nitrogens with zero attached hydrogens (tertiary/aromatic N) is 2. The van der Waals surface area contributed by atoms with Crippen LogP contribution >= 0.6 is 0 Å². The van der Waals surface area contributed by atoms with Gasteiger partial charge in [0, 0.05) is 31.4 Å². The third kappa shape index (κ3) is 2.81. The molecule has 110 valence electrons. The van der Waals surface area contributed by atoms with E-state index in [-0.39, 0.29) is 25.4 Å². The van der Waals surface area contributed by atoms with E-state index in [1.165, 1.54) is 4.90 Å². The van der Waals surface area contributed by atoms with Crippen LogP contribution in [0.2, 0.25) is 0 Å². The summed E-state index contributed by atoms with van der Waals surface area (Å²) < 4.78 is 39.3. The molecule has 20 heavy (non-hydrogen) atoms. The van der Waals surface area contributed by atoms with Crippen molar-refractivity contribution >= 4 is 11.6 Å². The van der Waals surface area contributed by atoms with Crippen LogP contribution in [0.4, 0.5) is 18.9 Å². The number of alkyl halides is 3. The number of aromatic nitrogens is 1. The predicted molar refractivity (Wildman–Crippen MR) is 69.2 cm³/mol. The molecule has 1 aliphatic heterocycles. The van der Waals surface area contributed by atoms with Crippen LogP contribution in [0.15, 0.2) is 23.9 Å². The van der Waals surface area contributed by atoms with E-state index in [1.807, 2.05) is 6.92 Å². The number of amides is 1. The topological polar surface area (TPSA) is 51.3 Å². The van der Waals surface area contributed by atoms with Crippen LogP contribution < -0.4 is 5.73 Å². The molecule has 2 rings (SSSR count). The van der Waals surface area contributed by atoms with E-state index in [1.54, 1.807) is 16.8 Å². The van der Waals surface area contributed by atoms with Crippen molar-refractivity contribution in [1.82, 2.24) is 9.47 Å². The van der Waals surface area contributed by atoms with Gasteiger partial charge in [0.15, 0.2) is 0 Å². The smallest absolute Gasteiger partial charge is 0.397 e. The van der Waals surface area contributed by atoms with Gasteiger partial charge in [0.05, 0.1) is 5.69 Å². The van der Waals surface area contributed by atoms with Gasteiger partial charge in [-0.3, -0.25) is 4.79 Å². The Morgan fingerprint density at radius 3 is 2.65 bits per heavy atom. The Balaban J connectivity index is 2.14. The quantitative estimate of drug-likeness (QED) is 0.849. The molecule has 2 N–H and O–H groups in total. The number of anilines is 1. The molecule has 1 aliphatic rings. The Hall–Kier alpha value is -1.92. The highest BCUT2D eigenvalue weighted by atomic mass is 19.4. The standard InChI is InChI=1S/C13H16F3N3O/c1-2-18-8-10(17)7-11(18)12(20)19-5-3-9(4-6-19)13(14,15)16/h3,7-8H,2,4-6,17H2,1H3. The van der Waals surface area contributed by atoms with E-state index >= 15 is 0 Å². The predicted octanol–water partition coefficient (Wildman–Crippen LogP) is 2.42. The van der Waals surface area contributed by atoms with Crippen LogP contribution in [-0.4, -0.2) is 34.6 Å². The lowest BCUT2D eigenvalue weighted by Crippen LogP contribution is -2.37. The molecular formula is C13H16F3N3O. The summed E-state index contributed by atoms with van der Waals surface area (Å²) in [6, 6.07) is 1.55. The molecule has 1 aromatic heterocycles. The first kappa shape index (κ1) is 14.5. The maximum Gasteiger partial charge on any atom is 0.412 e. The van der Waals surface area contributed by atoms with E-state index in [2.05, 4.69) is 0 Å². The number of halogens is 3. The molecule has 0 fully saturated rings. The average Bonchev–Trinajstić information content (AvgIpc) is 2.78. The van der Waals surface area contributed by atoms with Crippen LogP contribution in [0.25, 0.3) is 0 Å². The molecule has 0 unspecified atom stereocenters. The highest BCUT2D eigenvalue weighted by Gasteiger charge is 2.35. The molecule has 0 spiro atoms. The van der Waals surface area contributed by atoms with Gasteiger partial charge < -0.3 is 15.2 Å². The van der Waals surface area contributed by atoms with Gasteiger partial charge in [0.25, 0.3) is 5.91 Å². The average molecular weight is 287 g/mol. The molecule has 7 heteroatoms. The van der Waals surface area contributed by atoms with E-state index in [0.717, 1.165) is 6.08 Å². The van der Waals surface area contributed by atoms with E-state index < -0.39 is 11.7 Å². The van der Waals surface area contributed by atoms with Crippen molar-refractivity contribution in [2.24, 2.45) is 0 Å². The molecule has 0 radical (unpaired) electrons. The van der Waals surface area contributed by atoms with E-state index in [4.69, 9.17) is 5.73 Å². The van der Waals surface area contributed by atoms with Gasteiger partial charge in [-0.15, -0.1) is 0 Å². The lowest BCUT2D eigenvalue weighted by molar-refractivity contribution is -0.0957. The van der Waals surface area contributed by atoms with Crippen LogP contribution in [-0.2, 0) is 6.54 Å². The Bertz CT molecular complexity index is 546. The summed E-state index contributed by atoms with van der Waals surface area (Å²) in [4.78, 5) is 13.7. The molecular weight excluding hydrogens is 271 g/mol. The van der Waals surface area contributed by atoms with Crippen LogP contribution in [0.5, 0.6) is 0 Å². The van der Waals surface area contributed by atoms with Crippen molar-refractivity contribution in [3.8, 4) is 0 Å². The van der Waals surface area contributed by atoms with Gasteiger partial charge in [-0.2, -0.15) is 13.2 Å². The summed E-state index contributed by atoms with van der Waals surface area (Å²) in [7, 11) is 0. The number of rotatable bonds is 2. The summed E-state index contributed by atoms with van der Waals surface area (Å²) in [5, 5.41) is 0. The third-order valence-corrected chi connectivity index (χ3v) is 3.34. The fraction of sp³-hybridized carbons (Fsp3) is 0.462. The zero-order valence-corrected chi connectivity index (χ0v) is 11.1. The fourth-order valence-electron chi connectivity index (χ4n) is 2.25. The van der Waals surface area contributed by atoms with Crippen molar-refractivity contribution in [3.05, 3.63) is 29.6 Å². The van der Waals surface area contributed by atoms with Gasteiger partial charge in [-0.25, -0.2) is 0 Å². The van der Waals surface area contributed by atoms with E-state index in [9.17, 15) is 18.0 Å². The van der Waals surface area contributed by atoms with Crippen molar-refractivity contribution in [1.29, 1.82) is 0 Å². The summed E-state index contributed by atoms with van der Waals surface area (Å²) in [6.07, 6.45) is -1.75. The number of carbonyl (C=O) groups excluding carboxylic acids is 1. The zero-order valence-electron chi connectivity index (χ0n) is 11.1. The second-order valence-corrected chi connectivity index (χ2v) is 4.67. The molecule has 0 atom stereocenters. The lowest BCUT2D eigenvalue weighted by atomic mass is 10.1. The Labute approximate surface area is 114 Å². The molecule has 1 aromatic rings. The van der Waals surface area contributed by atoms with Gasteiger partial charge >= 0.3 is 6.18 Å². The third-order valence-electron chi connectivity index (χ3n) is 3.34. The van der Waals surface area contributed by atoms with Crippen molar-refractivity contribution in [2.45, 2.75) is 26.1 Å². The number of aryl methyl sites for hydroxylation is 1. The molecule has 0 aromatic carbocycles. The number of nitrogen functional groups attached to an aromatic ring is 1. The molecule has 1 amide bonds. The van der Waals surface area contributed by atoms with Gasteiger partial charge in [0.2, 0.25) is 0 Å². The summed E-state index contributed by atoms with van der Waals surface area (Å²) >= 11 is 0. The second kappa shape index (κ2) is 5.22. The summed E-state index contributed by atoms with van der Waals surface area (Å²) in [5.74, 6) is -0.291. The number of hydrogen-bond donors (Lipinski definition) is 1. The first-order valence-corrected chi connectivity index (χ1v) is 6.34. The first-order valence-electron chi connectivity index (χ1n) is 6.34. The second-order valence-electron chi connectivity index (χ2n) is 4.67. The lowest BCUT2D eigenvalue weighted by Gasteiger charge is -2.27. The van der Waals surface area contributed by atoms with Crippen LogP contribution in [0, 0.1) is 0 Å². The Morgan fingerprint density at radius 1 is 1.45 bits per heavy atom. The van der Waals surface area contributed by atoms with Crippen LogP contribution in [0.3, 0.4) is 0 Å². The maximum atomic E-state index is 12.5. The molecule has 2 heterocycles. The highest BCUT2D eigenvalue weighted by Crippen LogP contribution is 2.30. The minimum absolute atomic E-state index is 0.0253. The number of hydrogen-bond acceptors (Lipinski definition) is 2. The van der Waals surface area contributed by atoms with E-state index in [0.29, 0.717) is 17.9 Å². The minimum atomic E-state index is -4.30. The summed E-state index contributed by atoms with van der Waals surface area (Å²) in [6.45, 7) is 2.49. The zero-order chi connectivity index (χ0) is 14.9. The number of carbonyl (C=O) groups is 1. The molecule has 0 saturated heterocycles. The maximum absolute atomic E-state index is 12.5. The van der Waals surface area contributed by atoms with Gasteiger partial charge in [-0.1, -0.05) is 6.08 Å². The summed E-state index contributed by atoms with van der Waals surface area (Å²) in [5.41, 5.74) is 5.97. The fourth-order valence-corrected chi connectivity index (χ4v) is 2.25. The van der Waals surface area contributed by atoms with Crippen molar-refractivity contribution in [3.63, 3.8) is 0 Å². The van der Waals surface area contributed by atoms with Gasteiger partial charge in [-0.05, 0) is 19.4 Å². The van der Waals surface area contributed by atoms with Crippen molar-refractivity contribution < 1.29 is 18.0 Å². The Kier molecular flexibility index (Phi) is 3.78.